The van der Waals surface area contributed by atoms with Crippen LogP contribution in [0.4, 0.5) is 0 Å². The first-order valence-corrected chi connectivity index (χ1v) is 5.48. The molecule has 0 aromatic carbocycles. The van der Waals surface area contributed by atoms with Gasteiger partial charge in [-0.3, -0.25) is 19.4 Å². The van der Waals surface area contributed by atoms with Crippen LogP contribution in [0.5, 0.6) is 0 Å². The number of nitrogens with zero attached hydrogens (tertiary/aromatic N) is 2. The third-order valence-corrected chi connectivity index (χ3v) is 2.16. The van der Waals surface area contributed by atoms with Gasteiger partial charge >= 0.3 is 11.9 Å². The molecule has 0 aliphatic heterocycles. The summed E-state index contributed by atoms with van der Waals surface area (Å²) in [4.78, 5) is 43.9. The Bertz CT molecular complexity index is 321. The minimum absolute atomic E-state index is 0. The van der Waals surface area contributed by atoms with Crippen molar-refractivity contribution in [1.29, 1.82) is 0 Å². The topological polar surface area (TPSA) is 161 Å². The molecule has 10 nitrogen and oxygen atoms in total. The van der Waals surface area contributed by atoms with Gasteiger partial charge in [0.05, 0.1) is 25.0 Å². The fraction of sp³-hybridized carbons (Fsp3) is 0.600. The smallest absolute Gasteiger partial charge is 0.317 e. The molecule has 124 valence electrons. The molecule has 0 unspecified atom stereocenters. The predicted molar refractivity (Wildman–Crippen MR) is 58.2 cm³/mol. The van der Waals surface area contributed by atoms with Crippen LogP contribution in [-0.4, -0.2) is 83.2 Å². The Morgan fingerprint density at radius 2 is 1.00 bits per heavy atom. The van der Waals surface area contributed by atoms with Crippen molar-refractivity contribution in [2.75, 3.05) is 39.3 Å². The van der Waals surface area contributed by atoms with Crippen LogP contribution in [0.3, 0.4) is 0 Å². The Kier molecular flexibility index (Phi) is 11.3. The van der Waals surface area contributed by atoms with Crippen LogP contribution in [0, 0.1) is 0 Å². The molecular formula is C10H14N2NiO8-2. The summed E-state index contributed by atoms with van der Waals surface area (Å²) in [7, 11) is 0. The van der Waals surface area contributed by atoms with Crippen molar-refractivity contribution < 1.29 is 56.1 Å². The summed E-state index contributed by atoms with van der Waals surface area (Å²) >= 11 is 0. The van der Waals surface area contributed by atoms with Gasteiger partial charge in [0.1, 0.15) is 0 Å². The van der Waals surface area contributed by atoms with Gasteiger partial charge in [-0.25, -0.2) is 0 Å². The van der Waals surface area contributed by atoms with E-state index in [9.17, 15) is 29.4 Å². The van der Waals surface area contributed by atoms with E-state index in [2.05, 4.69) is 0 Å². The number of carboxylic acid groups (broad SMARTS) is 4. The summed E-state index contributed by atoms with van der Waals surface area (Å²) in [6.45, 7) is -2.75. The maximum Gasteiger partial charge on any atom is 0.317 e. The molecule has 0 saturated carbocycles. The van der Waals surface area contributed by atoms with Crippen molar-refractivity contribution in [3.63, 3.8) is 0 Å². The number of hydrogen-bond donors (Lipinski definition) is 2. The molecule has 0 radical (unpaired) electrons. The molecule has 0 atom stereocenters. The van der Waals surface area contributed by atoms with Gasteiger partial charge in [0, 0.05) is 42.7 Å². The predicted octanol–water partition coefficient (Wildman–Crippen LogP) is -4.74. The van der Waals surface area contributed by atoms with Crippen LogP contribution in [0.1, 0.15) is 0 Å². The Labute approximate surface area is 129 Å². The van der Waals surface area contributed by atoms with Crippen LogP contribution < -0.4 is 10.2 Å². The molecule has 21 heavy (non-hydrogen) atoms. The summed E-state index contributed by atoms with van der Waals surface area (Å²) in [6, 6.07) is 0. The van der Waals surface area contributed by atoms with E-state index in [1.165, 1.54) is 0 Å². The van der Waals surface area contributed by atoms with Gasteiger partial charge in [-0.1, -0.05) is 0 Å². The van der Waals surface area contributed by atoms with E-state index in [1.54, 1.807) is 0 Å². The van der Waals surface area contributed by atoms with Crippen molar-refractivity contribution in [1.82, 2.24) is 9.80 Å². The van der Waals surface area contributed by atoms with Gasteiger partial charge in [0.15, 0.2) is 0 Å². The number of rotatable bonds is 11. The van der Waals surface area contributed by atoms with Crippen LogP contribution >= 0.6 is 0 Å². The molecule has 0 aliphatic carbocycles. The molecule has 0 bridgehead atoms. The molecule has 0 aromatic heterocycles. The zero-order valence-electron chi connectivity index (χ0n) is 10.8. The molecule has 0 saturated heterocycles. The second-order valence-corrected chi connectivity index (χ2v) is 3.95. The van der Waals surface area contributed by atoms with E-state index in [4.69, 9.17) is 10.2 Å². The van der Waals surface area contributed by atoms with Crippen molar-refractivity contribution in [2.24, 2.45) is 0 Å². The van der Waals surface area contributed by atoms with Gasteiger partial charge < -0.3 is 30.0 Å². The van der Waals surface area contributed by atoms with Crippen molar-refractivity contribution in [3.05, 3.63) is 0 Å². The summed E-state index contributed by atoms with van der Waals surface area (Å²) in [5, 5.41) is 38.0. The summed E-state index contributed by atoms with van der Waals surface area (Å²) in [5.74, 6) is -5.52. The average Bonchev–Trinajstić information content (AvgIpc) is 2.22. The first-order chi connectivity index (χ1) is 9.20. The largest absolute Gasteiger partial charge is 0.549 e. The number of hydrogen-bond acceptors (Lipinski definition) is 8. The first-order valence-electron chi connectivity index (χ1n) is 5.48. The second kappa shape index (κ2) is 11.0. The minimum Gasteiger partial charge on any atom is -0.549 e. The molecule has 0 rings (SSSR count). The van der Waals surface area contributed by atoms with Crippen LogP contribution in [0.15, 0.2) is 0 Å². The number of aliphatic carboxylic acids is 4. The van der Waals surface area contributed by atoms with Crippen molar-refractivity contribution in [2.45, 2.75) is 0 Å². The van der Waals surface area contributed by atoms with Gasteiger partial charge in [-0.2, -0.15) is 0 Å². The van der Waals surface area contributed by atoms with Crippen molar-refractivity contribution >= 4 is 23.9 Å². The number of carbonyl (C=O) groups excluding carboxylic acids is 2. The maximum atomic E-state index is 10.5. The van der Waals surface area contributed by atoms with Crippen molar-refractivity contribution in [3.8, 4) is 0 Å². The minimum atomic E-state index is -1.49. The second-order valence-electron chi connectivity index (χ2n) is 3.95. The van der Waals surface area contributed by atoms with E-state index in [1.807, 2.05) is 0 Å². The summed E-state index contributed by atoms with van der Waals surface area (Å²) < 4.78 is 0. The Hall–Kier alpha value is -1.71. The molecule has 0 spiro atoms. The first kappa shape index (κ1) is 21.6. The Morgan fingerprint density at radius 3 is 1.19 bits per heavy atom. The fourth-order valence-electron chi connectivity index (χ4n) is 1.46. The normalized spacial score (nSPS) is 10.2. The van der Waals surface area contributed by atoms with Gasteiger partial charge in [0.25, 0.3) is 0 Å². The summed E-state index contributed by atoms with van der Waals surface area (Å²) in [6.07, 6.45) is 0. The Morgan fingerprint density at radius 1 is 0.714 bits per heavy atom. The maximum absolute atomic E-state index is 10.5. The number of carbonyl (C=O) groups is 4. The van der Waals surface area contributed by atoms with Crippen LogP contribution in [0.25, 0.3) is 0 Å². The average molecular weight is 349 g/mol. The monoisotopic (exact) mass is 348 g/mol. The van der Waals surface area contributed by atoms with Gasteiger partial charge in [-0.05, 0) is 0 Å². The summed E-state index contributed by atoms with van der Waals surface area (Å²) in [5.41, 5.74) is 0. The molecule has 0 aliphatic rings. The molecule has 0 amide bonds. The standard InChI is InChI=1S/C10H16N2O8.Ni/c13-7(14)3-11(4-8(15)16)1-2-12(5-9(17)18)6-10(19)20;/h1-6H2,(H,13,14)(H,15,16)(H,17,18)(H,19,20);/p-2. The van der Waals surface area contributed by atoms with E-state index in [-0.39, 0.29) is 29.6 Å². The SMILES string of the molecule is O=C([O-])CN(CCN(CC(=O)[O-])CC(=O)O)CC(=O)O.[Ni]. The molecule has 2 N–H and O–H groups in total. The molecular weight excluding hydrogens is 335 g/mol. The number of carboxylic acids is 4. The molecule has 0 fully saturated rings. The fourth-order valence-corrected chi connectivity index (χ4v) is 1.46. The van der Waals surface area contributed by atoms with Crippen LogP contribution in [0.2, 0.25) is 0 Å². The van der Waals surface area contributed by atoms with E-state index in [0.29, 0.717) is 0 Å². The van der Waals surface area contributed by atoms with E-state index in [0.717, 1.165) is 9.80 Å². The third-order valence-electron chi connectivity index (χ3n) is 2.16. The van der Waals surface area contributed by atoms with Gasteiger partial charge in [0.2, 0.25) is 0 Å². The Balaban J connectivity index is 0. The van der Waals surface area contributed by atoms with Gasteiger partial charge in [-0.15, -0.1) is 0 Å². The molecule has 0 aromatic rings. The zero-order valence-corrected chi connectivity index (χ0v) is 11.8. The van der Waals surface area contributed by atoms with E-state index >= 15 is 0 Å². The third kappa shape index (κ3) is 13.0. The van der Waals surface area contributed by atoms with E-state index < -0.39 is 50.1 Å². The zero-order chi connectivity index (χ0) is 15.7. The molecule has 11 heteroatoms. The quantitative estimate of drug-likeness (QED) is 0.347. The molecule has 0 heterocycles. The van der Waals surface area contributed by atoms with Crippen LogP contribution in [-0.2, 0) is 35.7 Å².